The van der Waals surface area contributed by atoms with Gasteiger partial charge in [-0.3, -0.25) is 0 Å². The molecule has 0 aliphatic carbocycles. The fourth-order valence-corrected chi connectivity index (χ4v) is 1.62. The Labute approximate surface area is 98.0 Å². The van der Waals surface area contributed by atoms with Crippen molar-refractivity contribution < 1.29 is 4.42 Å². The summed E-state index contributed by atoms with van der Waals surface area (Å²) < 4.78 is 5.30. The van der Waals surface area contributed by atoms with E-state index < -0.39 is 0 Å². The third-order valence-corrected chi connectivity index (χ3v) is 2.32. The number of nitrogens with zero attached hydrogens (tertiary/aromatic N) is 2. The van der Waals surface area contributed by atoms with Crippen molar-refractivity contribution in [3.05, 3.63) is 23.7 Å². The zero-order valence-corrected chi connectivity index (χ0v) is 9.83. The molecule has 0 saturated heterocycles. The van der Waals surface area contributed by atoms with Crippen molar-refractivity contribution in [2.75, 3.05) is 6.26 Å². The molecule has 1 aromatic rings. The van der Waals surface area contributed by atoms with E-state index in [0.717, 1.165) is 17.1 Å². The summed E-state index contributed by atoms with van der Waals surface area (Å²) in [4.78, 5) is 7.64. The van der Waals surface area contributed by atoms with E-state index in [9.17, 15) is 0 Å². The van der Waals surface area contributed by atoms with Crippen LogP contribution in [0.5, 0.6) is 0 Å². The molecule has 0 aliphatic heterocycles. The zero-order valence-electron chi connectivity index (χ0n) is 9.01. The van der Waals surface area contributed by atoms with Crippen LogP contribution in [0.3, 0.4) is 0 Å². The van der Waals surface area contributed by atoms with Crippen molar-refractivity contribution >= 4 is 23.7 Å². The summed E-state index contributed by atoms with van der Waals surface area (Å²) in [6, 6.07) is 1.86. The van der Waals surface area contributed by atoms with Gasteiger partial charge in [-0.05, 0) is 12.3 Å². The molecule has 6 N–H and O–H groups in total. The highest BCUT2D eigenvalue weighted by atomic mass is 32.2. The minimum absolute atomic E-state index is 0.0660. The molecule has 88 valence electrons. The normalized spacial score (nSPS) is 11.4. The highest BCUT2D eigenvalue weighted by Crippen LogP contribution is 2.16. The molecule has 1 aromatic heterocycles. The molecule has 1 heterocycles. The Morgan fingerprint density at radius 3 is 2.81 bits per heavy atom. The minimum atomic E-state index is -0.0993. The second-order valence-corrected chi connectivity index (χ2v) is 3.88. The maximum atomic E-state index is 5.48. The van der Waals surface area contributed by atoms with Crippen LogP contribution >= 0.6 is 11.8 Å². The van der Waals surface area contributed by atoms with Gasteiger partial charge in [-0.25, -0.2) is 4.99 Å². The summed E-state index contributed by atoms with van der Waals surface area (Å²) in [5.74, 6) is 1.67. The van der Waals surface area contributed by atoms with E-state index in [4.69, 9.17) is 21.6 Å². The summed E-state index contributed by atoms with van der Waals surface area (Å²) in [6.45, 7) is 0.412. The monoisotopic (exact) mass is 241 g/mol. The van der Waals surface area contributed by atoms with Gasteiger partial charge in [0.05, 0.1) is 18.6 Å². The summed E-state index contributed by atoms with van der Waals surface area (Å²) in [5.41, 5.74) is 16.8. The predicted molar refractivity (Wildman–Crippen MR) is 67.1 cm³/mol. The predicted octanol–water partition coefficient (Wildman–Crippen LogP) is 0.231. The largest absolute Gasteiger partial charge is 0.468 e. The van der Waals surface area contributed by atoms with E-state index in [-0.39, 0.29) is 11.9 Å². The van der Waals surface area contributed by atoms with E-state index in [1.54, 1.807) is 18.0 Å². The standard InChI is InChI=1S/C9H15N5OS/c1-16-5-7-6(2-3-15-7)4-13-9(12)14-8(10)11/h2-3H,4-5H2,1H3,(H6,10,11,12,13,14). The lowest BCUT2D eigenvalue weighted by Gasteiger charge is -1.98. The third-order valence-electron chi connectivity index (χ3n) is 1.77. The lowest BCUT2D eigenvalue weighted by atomic mass is 10.3. The van der Waals surface area contributed by atoms with Crippen LogP contribution in [0, 0.1) is 0 Å². The number of hydrogen-bond acceptors (Lipinski definition) is 3. The molecule has 0 saturated carbocycles. The Bertz CT molecular complexity index is 394. The fourth-order valence-electron chi connectivity index (χ4n) is 1.10. The van der Waals surface area contributed by atoms with E-state index in [1.165, 1.54) is 0 Å². The average Bonchev–Trinajstić information content (AvgIpc) is 2.62. The quantitative estimate of drug-likeness (QED) is 0.515. The van der Waals surface area contributed by atoms with Crippen molar-refractivity contribution in [1.82, 2.24) is 0 Å². The summed E-state index contributed by atoms with van der Waals surface area (Å²) in [5, 5.41) is 0. The van der Waals surface area contributed by atoms with Crippen LogP contribution in [-0.4, -0.2) is 18.2 Å². The molecule has 6 nitrogen and oxygen atoms in total. The van der Waals surface area contributed by atoms with Crippen molar-refractivity contribution in [3.8, 4) is 0 Å². The minimum Gasteiger partial charge on any atom is -0.468 e. The Balaban J connectivity index is 2.66. The Kier molecular flexibility index (Phi) is 4.71. The van der Waals surface area contributed by atoms with Crippen molar-refractivity contribution in [2.24, 2.45) is 27.2 Å². The molecule has 0 aliphatic rings. The van der Waals surface area contributed by atoms with E-state index >= 15 is 0 Å². The van der Waals surface area contributed by atoms with E-state index in [1.807, 2.05) is 12.3 Å². The number of rotatable bonds is 4. The van der Waals surface area contributed by atoms with Gasteiger partial charge in [0.15, 0.2) is 5.96 Å². The second-order valence-electron chi connectivity index (χ2n) is 3.01. The van der Waals surface area contributed by atoms with Gasteiger partial charge in [0.2, 0.25) is 5.96 Å². The van der Waals surface area contributed by atoms with Crippen molar-refractivity contribution in [3.63, 3.8) is 0 Å². The van der Waals surface area contributed by atoms with Gasteiger partial charge in [0.1, 0.15) is 5.76 Å². The summed E-state index contributed by atoms with van der Waals surface area (Å²) in [6.07, 6.45) is 3.64. The van der Waals surface area contributed by atoms with Gasteiger partial charge in [-0.1, -0.05) is 0 Å². The number of nitrogens with two attached hydrogens (primary N) is 3. The maximum Gasteiger partial charge on any atom is 0.218 e. The van der Waals surface area contributed by atoms with Gasteiger partial charge >= 0.3 is 0 Å². The average molecular weight is 241 g/mol. The lowest BCUT2D eigenvalue weighted by molar-refractivity contribution is 0.526. The van der Waals surface area contributed by atoms with Crippen LogP contribution in [-0.2, 0) is 12.3 Å². The Morgan fingerprint density at radius 2 is 2.19 bits per heavy atom. The SMILES string of the molecule is CSCc1occc1CN=C(N)N=C(N)N. The number of thioether (sulfide) groups is 1. The van der Waals surface area contributed by atoms with Crippen LogP contribution in [0.2, 0.25) is 0 Å². The summed E-state index contributed by atoms with van der Waals surface area (Å²) >= 11 is 1.68. The van der Waals surface area contributed by atoms with Crippen LogP contribution in [0.25, 0.3) is 0 Å². The zero-order chi connectivity index (χ0) is 12.0. The van der Waals surface area contributed by atoms with Crippen LogP contribution in [0.1, 0.15) is 11.3 Å². The highest BCUT2D eigenvalue weighted by molar-refractivity contribution is 7.97. The third kappa shape index (κ3) is 3.85. The number of guanidine groups is 2. The van der Waals surface area contributed by atoms with Gasteiger partial charge < -0.3 is 21.6 Å². The Morgan fingerprint density at radius 1 is 1.44 bits per heavy atom. The lowest BCUT2D eigenvalue weighted by Crippen LogP contribution is -2.26. The molecule has 0 atom stereocenters. The van der Waals surface area contributed by atoms with Crippen molar-refractivity contribution in [2.45, 2.75) is 12.3 Å². The maximum absolute atomic E-state index is 5.48. The second kappa shape index (κ2) is 6.06. The smallest absolute Gasteiger partial charge is 0.218 e. The van der Waals surface area contributed by atoms with Crippen LogP contribution < -0.4 is 17.2 Å². The molecule has 0 fully saturated rings. The van der Waals surface area contributed by atoms with Crippen LogP contribution in [0.4, 0.5) is 0 Å². The first-order valence-corrected chi connectivity index (χ1v) is 5.96. The van der Waals surface area contributed by atoms with E-state index in [2.05, 4.69) is 9.98 Å². The molecule has 0 amide bonds. The van der Waals surface area contributed by atoms with Crippen molar-refractivity contribution in [1.29, 1.82) is 0 Å². The summed E-state index contributed by atoms with van der Waals surface area (Å²) in [7, 11) is 0. The first-order valence-electron chi connectivity index (χ1n) is 4.57. The molecule has 0 bridgehead atoms. The molecule has 16 heavy (non-hydrogen) atoms. The molecule has 0 radical (unpaired) electrons. The van der Waals surface area contributed by atoms with Gasteiger partial charge in [0.25, 0.3) is 0 Å². The van der Waals surface area contributed by atoms with Gasteiger partial charge in [-0.2, -0.15) is 16.8 Å². The molecule has 0 aromatic carbocycles. The first kappa shape index (κ1) is 12.4. The topological polar surface area (TPSA) is 116 Å². The molecule has 7 heteroatoms. The number of furan rings is 1. The van der Waals surface area contributed by atoms with Gasteiger partial charge in [0, 0.05) is 5.56 Å². The van der Waals surface area contributed by atoms with Crippen LogP contribution in [0.15, 0.2) is 26.7 Å². The fraction of sp³-hybridized carbons (Fsp3) is 0.333. The number of hydrogen-bond donors (Lipinski definition) is 3. The first-order chi connectivity index (χ1) is 7.63. The highest BCUT2D eigenvalue weighted by Gasteiger charge is 2.04. The molecule has 0 unspecified atom stereocenters. The Hall–Kier alpha value is -1.63. The van der Waals surface area contributed by atoms with Gasteiger partial charge in [-0.15, -0.1) is 0 Å². The number of aliphatic imine (C=N–C) groups is 2. The molecule has 1 rings (SSSR count). The molecule has 0 spiro atoms. The molecular weight excluding hydrogens is 226 g/mol. The molecular formula is C9H15N5OS. The van der Waals surface area contributed by atoms with E-state index in [0.29, 0.717) is 6.54 Å².